The number of benzene rings is 1. The lowest BCUT2D eigenvalue weighted by Gasteiger charge is -2.21. The molecule has 0 saturated carbocycles. The number of non-ortho nitro benzene ring substituents is 1. The zero-order chi connectivity index (χ0) is 16.6. The molecule has 21 heavy (non-hydrogen) atoms. The minimum atomic E-state index is -4.33. The van der Waals surface area contributed by atoms with Crippen molar-refractivity contribution in [3.05, 3.63) is 32.8 Å². The van der Waals surface area contributed by atoms with Gasteiger partial charge in [0.1, 0.15) is 4.90 Å². The van der Waals surface area contributed by atoms with Crippen molar-refractivity contribution >= 4 is 42.9 Å². The van der Waals surface area contributed by atoms with Gasteiger partial charge >= 0.3 is 0 Å². The standard InChI is InChI=1S/C11H12Cl2N2O5S/c1-11(2,3)14-10(16)7-4-6(15(17)18)5-8(9(7)12)21(13,19)20/h4-5H,1-3H3,(H,14,16). The second-order valence-electron chi connectivity index (χ2n) is 5.20. The van der Waals surface area contributed by atoms with Gasteiger partial charge in [-0.3, -0.25) is 14.9 Å². The Hall–Kier alpha value is -1.38. The fourth-order valence-corrected chi connectivity index (χ4v) is 3.01. The van der Waals surface area contributed by atoms with Crippen molar-refractivity contribution in [3.8, 4) is 0 Å². The second kappa shape index (κ2) is 5.78. The van der Waals surface area contributed by atoms with Gasteiger partial charge in [0.2, 0.25) is 0 Å². The first-order chi connectivity index (χ1) is 9.33. The second-order valence-corrected chi connectivity index (χ2v) is 8.12. The Kier molecular flexibility index (Phi) is 4.87. The molecular weight excluding hydrogens is 343 g/mol. The number of nitro benzene ring substituents is 1. The zero-order valence-electron chi connectivity index (χ0n) is 11.3. The summed E-state index contributed by atoms with van der Waals surface area (Å²) in [7, 11) is 0.850. The van der Waals surface area contributed by atoms with Crippen LogP contribution in [0.2, 0.25) is 5.02 Å². The first-order valence-electron chi connectivity index (χ1n) is 5.58. The van der Waals surface area contributed by atoms with Crippen LogP contribution in [0.5, 0.6) is 0 Å². The van der Waals surface area contributed by atoms with Crippen LogP contribution in [0.15, 0.2) is 17.0 Å². The van der Waals surface area contributed by atoms with E-state index in [1.807, 2.05) is 0 Å². The predicted octanol–water partition coefficient (Wildman–Crippen LogP) is 2.70. The molecule has 0 aliphatic rings. The van der Waals surface area contributed by atoms with Crippen LogP contribution in [0, 0.1) is 10.1 Å². The maximum Gasteiger partial charge on any atom is 0.271 e. The summed E-state index contributed by atoms with van der Waals surface area (Å²) in [6.45, 7) is 5.07. The van der Waals surface area contributed by atoms with Gasteiger partial charge in [-0.2, -0.15) is 0 Å². The average molecular weight is 355 g/mol. The Morgan fingerprint density at radius 2 is 1.86 bits per heavy atom. The molecule has 1 rings (SSSR count). The molecule has 1 aromatic carbocycles. The summed E-state index contributed by atoms with van der Waals surface area (Å²) in [5.74, 6) is -0.738. The zero-order valence-corrected chi connectivity index (χ0v) is 13.6. The lowest BCUT2D eigenvalue weighted by Crippen LogP contribution is -2.40. The Bertz CT molecular complexity index is 710. The fraction of sp³-hybridized carbons (Fsp3) is 0.364. The summed E-state index contributed by atoms with van der Waals surface area (Å²) >= 11 is 5.85. The molecule has 0 atom stereocenters. The maximum absolute atomic E-state index is 12.1. The molecule has 10 heteroatoms. The van der Waals surface area contributed by atoms with E-state index in [4.69, 9.17) is 22.3 Å². The number of nitrogens with zero attached hydrogens (tertiary/aromatic N) is 1. The van der Waals surface area contributed by atoms with Crippen LogP contribution in [-0.4, -0.2) is 24.8 Å². The molecular formula is C11H12Cl2N2O5S. The highest BCUT2D eigenvalue weighted by atomic mass is 35.7. The largest absolute Gasteiger partial charge is 0.347 e. The van der Waals surface area contributed by atoms with Crippen molar-refractivity contribution in [1.82, 2.24) is 5.32 Å². The third-order valence-electron chi connectivity index (χ3n) is 2.23. The maximum atomic E-state index is 12.1. The number of nitro groups is 1. The number of hydrogen-bond acceptors (Lipinski definition) is 5. The van der Waals surface area contributed by atoms with E-state index in [1.165, 1.54) is 0 Å². The normalized spacial score (nSPS) is 12.0. The molecule has 0 radical (unpaired) electrons. The summed E-state index contributed by atoms with van der Waals surface area (Å²) in [5, 5.41) is 12.9. The van der Waals surface area contributed by atoms with Gasteiger partial charge in [0.25, 0.3) is 20.6 Å². The summed E-state index contributed by atoms with van der Waals surface area (Å²) in [4.78, 5) is 21.4. The summed E-state index contributed by atoms with van der Waals surface area (Å²) in [5.41, 5.74) is -1.57. The Labute approximate surface area is 130 Å². The van der Waals surface area contributed by atoms with Crippen LogP contribution in [0.25, 0.3) is 0 Å². The molecule has 0 aliphatic heterocycles. The van der Waals surface area contributed by atoms with Crippen LogP contribution in [0.4, 0.5) is 5.69 Å². The minimum absolute atomic E-state index is 0.333. The van der Waals surface area contributed by atoms with Crippen molar-refractivity contribution in [1.29, 1.82) is 0 Å². The van der Waals surface area contributed by atoms with Crippen LogP contribution in [0.3, 0.4) is 0 Å². The highest BCUT2D eigenvalue weighted by Crippen LogP contribution is 2.32. The summed E-state index contributed by atoms with van der Waals surface area (Å²) in [6, 6.07) is 1.60. The number of carbonyl (C=O) groups excluding carboxylic acids is 1. The first kappa shape index (κ1) is 17.7. The molecule has 0 aliphatic carbocycles. The molecule has 0 unspecified atom stereocenters. The fourth-order valence-electron chi connectivity index (χ4n) is 1.44. The topological polar surface area (TPSA) is 106 Å². The lowest BCUT2D eigenvalue weighted by molar-refractivity contribution is -0.385. The van der Waals surface area contributed by atoms with Gasteiger partial charge in [-0.05, 0) is 20.8 Å². The number of halogens is 2. The highest BCUT2D eigenvalue weighted by Gasteiger charge is 2.27. The van der Waals surface area contributed by atoms with Crippen molar-refractivity contribution < 1.29 is 18.1 Å². The summed E-state index contributed by atoms with van der Waals surface area (Å²) < 4.78 is 22.8. The van der Waals surface area contributed by atoms with E-state index >= 15 is 0 Å². The molecule has 0 saturated heterocycles. The molecule has 0 fully saturated rings. The molecule has 0 aromatic heterocycles. The number of carbonyl (C=O) groups is 1. The van der Waals surface area contributed by atoms with Gasteiger partial charge in [-0.25, -0.2) is 8.42 Å². The Morgan fingerprint density at radius 3 is 2.24 bits per heavy atom. The van der Waals surface area contributed by atoms with E-state index in [9.17, 15) is 23.3 Å². The van der Waals surface area contributed by atoms with Crippen molar-refractivity contribution in [3.63, 3.8) is 0 Å². The number of amides is 1. The number of nitrogens with one attached hydrogen (secondary N) is 1. The van der Waals surface area contributed by atoms with E-state index in [0.717, 1.165) is 6.07 Å². The van der Waals surface area contributed by atoms with Crippen LogP contribution in [-0.2, 0) is 9.05 Å². The lowest BCUT2D eigenvalue weighted by atomic mass is 10.1. The third kappa shape index (κ3) is 4.55. The third-order valence-corrected chi connectivity index (χ3v) is 4.10. The van der Waals surface area contributed by atoms with Gasteiger partial charge < -0.3 is 5.32 Å². The van der Waals surface area contributed by atoms with Crippen LogP contribution >= 0.6 is 22.3 Å². The molecule has 0 heterocycles. The Balaban J connectivity index is 3.55. The van der Waals surface area contributed by atoms with E-state index in [0.29, 0.717) is 6.07 Å². The molecule has 116 valence electrons. The van der Waals surface area contributed by atoms with Crippen LogP contribution in [0.1, 0.15) is 31.1 Å². The van der Waals surface area contributed by atoms with Gasteiger partial charge in [0, 0.05) is 28.4 Å². The van der Waals surface area contributed by atoms with E-state index < -0.39 is 41.0 Å². The molecule has 0 bridgehead atoms. The average Bonchev–Trinajstić information content (AvgIpc) is 2.24. The molecule has 1 N–H and O–H groups in total. The van der Waals surface area contributed by atoms with Gasteiger partial charge in [-0.15, -0.1) is 0 Å². The van der Waals surface area contributed by atoms with Gasteiger partial charge in [0.05, 0.1) is 15.5 Å². The first-order valence-corrected chi connectivity index (χ1v) is 8.27. The summed E-state index contributed by atoms with van der Waals surface area (Å²) in [6.07, 6.45) is 0. The molecule has 7 nitrogen and oxygen atoms in total. The van der Waals surface area contributed by atoms with Gasteiger partial charge in [-0.1, -0.05) is 11.6 Å². The minimum Gasteiger partial charge on any atom is -0.347 e. The highest BCUT2D eigenvalue weighted by molar-refractivity contribution is 8.13. The SMILES string of the molecule is CC(C)(C)NC(=O)c1cc([N+](=O)[O-])cc(S(=O)(=O)Cl)c1Cl. The number of rotatable bonds is 3. The van der Waals surface area contributed by atoms with Crippen LogP contribution < -0.4 is 5.32 Å². The smallest absolute Gasteiger partial charge is 0.271 e. The quantitative estimate of drug-likeness (QED) is 0.510. The van der Waals surface area contributed by atoms with Crippen molar-refractivity contribution in [2.75, 3.05) is 0 Å². The van der Waals surface area contributed by atoms with Gasteiger partial charge in [0.15, 0.2) is 0 Å². The van der Waals surface area contributed by atoms with Crippen molar-refractivity contribution in [2.45, 2.75) is 31.2 Å². The van der Waals surface area contributed by atoms with E-state index in [1.54, 1.807) is 20.8 Å². The number of hydrogen-bond donors (Lipinski definition) is 1. The Morgan fingerprint density at radius 1 is 1.33 bits per heavy atom. The monoisotopic (exact) mass is 354 g/mol. The molecule has 1 amide bonds. The predicted molar refractivity (Wildman–Crippen MR) is 78.4 cm³/mol. The van der Waals surface area contributed by atoms with Crippen molar-refractivity contribution in [2.24, 2.45) is 0 Å². The molecule has 1 aromatic rings. The van der Waals surface area contributed by atoms with E-state index in [2.05, 4.69) is 5.32 Å². The van der Waals surface area contributed by atoms with E-state index in [-0.39, 0.29) is 5.56 Å². The molecule has 0 spiro atoms.